The molecule has 1 aliphatic heterocycles. The molecule has 12 heteroatoms. The topological polar surface area (TPSA) is 124 Å². The number of carbonyl (C=O) groups is 1. The lowest BCUT2D eigenvalue weighted by atomic mass is 10.1. The van der Waals surface area contributed by atoms with Gasteiger partial charge in [-0.2, -0.15) is 0 Å². The Balaban J connectivity index is 1.32. The number of nitrogens with one attached hydrogen (secondary N) is 3. The highest BCUT2D eigenvalue weighted by atomic mass is 19.1. The van der Waals surface area contributed by atoms with Crippen LogP contribution >= 0.6 is 0 Å². The lowest BCUT2D eigenvalue weighted by molar-refractivity contribution is -0.111. The summed E-state index contributed by atoms with van der Waals surface area (Å²) < 4.78 is 12.5. The highest BCUT2D eigenvalue weighted by molar-refractivity contribution is 6.00. The summed E-state index contributed by atoms with van der Waals surface area (Å²) in [4.78, 5) is 39.1. The first kappa shape index (κ1) is 27.0. The smallest absolute Gasteiger partial charge is 0.248 e. The van der Waals surface area contributed by atoms with Crippen molar-refractivity contribution in [1.82, 2.24) is 34.7 Å². The molecule has 0 saturated carbocycles. The molecule has 0 spiro atoms. The van der Waals surface area contributed by atoms with Crippen LogP contribution in [0.25, 0.3) is 22.3 Å². The maximum atomic E-state index is 12.5. The van der Waals surface area contributed by atoms with E-state index >= 15 is 0 Å². The maximum Gasteiger partial charge on any atom is 0.248 e. The van der Waals surface area contributed by atoms with Gasteiger partial charge in [0.25, 0.3) is 0 Å². The summed E-state index contributed by atoms with van der Waals surface area (Å²) in [6.07, 6.45) is 8.32. The first-order valence-corrected chi connectivity index (χ1v) is 13.0. The van der Waals surface area contributed by atoms with E-state index in [1.165, 1.54) is 6.08 Å². The summed E-state index contributed by atoms with van der Waals surface area (Å²) in [6.45, 7) is 2.38. The van der Waals surface area contributed by atoms with Crippen molar-refractivity contribution < 1.29 is 9.18 Å². The van der Waals surface area contributed by atoms with Crippen LogP contribution in [-0.2, 0) is 4.79 Å². The number of anilines is 4. The summed E-state index contributed by atoms with van der Waals surface area (Å²) in [5, 5.41) is 10.2. The van der Waals surface area contributed by atoms with E-state index in [2.05, 4.69) is 40.8 Å². The number of fused-ring (bicyclic) bond motifs is 1. The van der Waals surface area contributed by atoms with Crippen molar-refractivity contribution >= 4 is 40.1 Å². The predicted molar refractivity (Wildman–Crippen MR) is 154 cm³/mol. The molecule has 4 aromatic rings. The third-order valence-electron chi connectivity index (χ3n) is 6.21. The molecule has 5 rings (SSSR count). The molecule has 0 aromatic carbocycles. The van der Waals surface area contributed by atoms with Crippen LogP contribution in [0.5, 0.6) is 0 Å². The van der Waals surface area contributed by atoms with Gasteiger partial charge in [0.1, 0.15) is 29.5 Å². The molecule has 1 aliphatic rings. The van der Waals surface area contributed by atoms with Gasteiger partial charge in [-0.3, -0.25) is 19.7 Å². The number of likely N-dealkylation sites (tertiary alicyclic amines) is 1. The van der Waals surface area contributed by atoms with Crippen LogP contribution in [0.3, 0.4) is 0 Å². The number of hydrogen-bond donors (Lipinski definition) is 3. The summed E-state index contributed by atoms with van der Waals surface area (Å²) in [5.41, 5.74) is 2.34. The normalized spacial score (nSPS) is 14.0. The van der Waals surface area contributed by atoms with Gasteiger partial charge in [-0.05, 0) is 44.4 Å². The molecule has 0 unspecified atom stereocenters. The van der Waals surface area contributed by atoms with Gasteiger partial charge in [0.05, 0.1) is 11.7 Å². The third-order valence-corrected chi connectivity index (χ3v) is 6.21. The lowest BCUT2D eigenvalue weighted by Gasteiger charge is -2.39. The Morgan fingerprint density at radius 1 is 1.10 bits per heavy atom. The van der Waals surface area contributed by atoms with Crippen LogP contribution in [0.4, 0.5) is 27.7 Å². The molecule has 40 heavy (non-hydrogen) atoms. The van der Waals surface area contributed by atoms with Crippen LogP contribution in [0, 0.1) is 0 Å². The van der Waals surface area contributed by atoms with E-state index in [1.54, 1.807) is 36.8 Å². The van der Waals surface area contributed by atoms with Gasteiger partial charge < -0.3 is 20.9 Å². The highest BCUT2D eigenvalue weighted by Crippen LogP contribution is 2.26. The summed E-state index contributed by atoms with van der Waals surface area (Å²) in [6, 6.07) is 11.2. The SMILES string of the molecule is CN(C)C/C=C/C(=O)Nc1ccnc(-c2nccc3cnc(Nc4cccc(NC5CN(CCF)C5)n4)nc23)c1. The zero-order valence-electron chi connectivity index (χ0n) is 22.4. The summed E-state index contributed by atoms with van der Waals surface area (Å²) in [5.74, 6) is 1.44. The average molecular weight is 543 g/mol. The Hall–Kier alpha value is -4.55. The predicted octanol–water partition coefficient (Wildman–Crippen LogP) is 3.35. The van der Waals surface area contributed by atoms with E-state index in [0.29, 0.717) is 47.4 Å². The molecule has 206 valence electrons. The fourth-order valence-electron chi connectivity index (χ4n) is 4.27. The van der Waals surface area contributed by atoms with Gasteiger partial charge in [-0.15, -0.1) is 0 Å². The van der Waals surface area contributed by atoms with Crippen molar-refractivity contribution in [3.05, 3.63) is 67.1 Å². The Labute approximate surface area is 231 Å². The molecule has 0 bridgehead atoms. The second-order valence-corrected chi connectivity index (χ2v) is 9.70. The van der Waals surface area contributed by atoms with Crippen molar-refractivity contribution in [3.63, 3.8) is 0 Å². The van der Waals surface area contributed by atoms with E-state index in [1.807, 2.05) is 43.3 Å². The zero-order chi connectivity index (χ0) is 27.9. The van der Waals surface area contributed by atoms with Gasteiger partial charge in [0.15, 0.2) is 0 Å². The van der Waals surface area contributed by atoms with E-state index in [0.717, 1.165) is 24.3 Å². The molecule has 3 N–H and O–H groups in total. The van der Waals surface area contributed by atoms with Crippen LogP contribution in [0.15, 0.2) is 67.1 Å². The van der Waals surface area contributed by atoms with Crippen molar-refractivity contribution in [1.29, 1.82) is 0 Å². The number of amides is 1. The minimum atomic E-state index is -0.333. The quantitative estimate of drug-likeness (QED) is 0.243. The fourth-order valence-corrected chi connectivity index (χ4v) is 4.27. The van der Waals surface area contributed by atoms with Gasteiger partial charge >= 0.3 is 0 Å². The highest BCUT2D eigenvalue weighted by Gasteiger charge is 2.26. The van der Waals surface area contributed by atoms with Gasteiger partial charge in [-0.25, -0.2) is 19.3 Å². The second-order valence-electron chi connectivity index (χ2n) is 9.70. The Morgan fingerprint density at radius 3 is 2.75 bits per heavy atom. The van der Waals surface area contributed by atoms with E-state index in [-0.39, 0.29) is 18.6 Å². The van der Waals surface area contributed by atoms with Crippen LogP contribution < -0.4 is 16.0 Å². The second kappa shape index (κ2) is 12.5. The monoisotopic (exact) mass is 542 g/mol. The molecule has 5 heterocycles. The van der Waals surface area contributed by atoms with E-state index < -0.39 is 0 Å². The van der Waals surface area contributed by atoms with Crippen molar-refractivity contribution in [2.75, 3.05) is 62.9 Å². The van der Waals surface area contributed by atoms with E-state index in [4.69, 9.17) is 4.98 Å². The number of alkyl halides is 1. The minimum absolute atomic E-state index is 0.225. The first-order valence-electron chi connectivity index (χ1n) is 13.0. The number of pyridine rings is 3. The van der Waals surface area contributed by atoms with Crippen LogP contribution in [0.1, 0.15) is 0 Å². The van der Waals surface area contributed by atoms with Gasteiger partial charge in [0, 0.05) is 61.9 Å². The molecule has 4 aromatic heterocycles. The Bertz CT molecular complexity index is 1510. The molecule has 1 amide bonds. The average Bonchev–Trinajstić information content (AvgIpc) is 2.92. The van der Waals surface area contributed by atoms with E-state index in [9.17, 15) is 9.18 Å². The third kappa shape index (κ3) is 6.90. The number of halogens is 1. The lowest BCUT2D eigenvalue weighted by Crippen LogP contribution is -2.55. The zero-order valence-corrected chi connectivity index (χ0v) is 22.4. The van der Waals surface area contributed by atoms with Crippen LogP contribution in [-0.4, -0.2) is 93.6 Å². The molecule has 1 fully saturated rings. The number of nitrogens with zero attached hydrogens (tertiary/aromatic N) is 7. The van der Waals surface area contributed by atoms with Crippen molar-refractivity contribution in [2.24, 2.45) is 0 Å². The molecular weight excluding hydrogens is 511 g/mol. The molecule has 0 radical (unpaired) electrons. The van der Waals surface area contributed by atoms with Gasteiger partial charge in [-0.1, -0.05) is 12.1 Å². The maximum absolute atomic E-state index is 12.5. The van der Waals surface area contributed by atoms with Crippen molar-refractivity contribution in [3.8, 4) is 11.4 Å². The summed E-state index contributed by atoms with van der Waals surface area (Å²) >= 11 is 0. The number of hydrogen-bond acceptors (Lipinski definition) is 10. The molecule has 1 saturated heterocycles. The fraction of sp³-hybridized carbons (Fsp3) is 0.286. The number of carbonyl (C=O) groups excluding carboxylic acids is 1. The Morgan fingerprint density at radius 2 is 1.93 bits per heavy atom. The summed E-state index contributed by atoms with van der Waals surface area (Å²) in [7, 11) is 3.87. The Kier molecular flexibility index (Phi) is 8.47. The largest absolute Gasteiger partial charge is 0.365 e. The standard InChI is InChI=1S/C28H31FN10O/c1-38(2)13-4-7-25(40)34-20-9-12-30-22(15-20)27-26-19(8-11-31-27)16-32-28(37-26)36-24-6-3-5-23(35-24)33-21-17-39(18-21)14-10-29/h3-9,11-12,15-16,21H,10,13-14,17-18H2,1-2H3,(H,30,34,40)(H2,32,33,35,36,37)/b7-4+. The first-order chi connectivity index (χ1) is 19.5. The number of likely N-dealkylation sites (N-methyl/N-ethyl adjacent to an activating group) is 1. The molecule has 11 nitrogen and oxygen atoms in total. The minimum Gasteiger partial charge on any atom is -0.365 e. The molecule has 0 aliphatic carbocycles. The van der Waals surface area contributed by atoms with Crippen molar-refractivity contribution in [2.45, 2.75) is 6.04 Å². The van der Waals surface area contributed by atoms with Gasteiger partial charge in [0.2, 0.25) is 11.9 Å². The number of rotatable bonds is 11. The number of aromatic nitrogens is 5. The van der Waals surface area contributed by atoms with Crippen LogP contribution in [0.2, 0.25) is 0 Å². The molecule has 0 atom stereocenters. The molecular formula is C28H31FN10O.